The van der Waals surface area contributed by atoms with E-state index in [1.165, 1.54) is 6.26 Å². The Labute approximate surface area is 150 Å². The van der Waals surface area contributed by atoms with Crippen LogP contribution < -0.4 is 14.8 Å². The summed E-state index contributed by atoms with van der Waals surface area (Å²) in [7, 11) is 0. The number of carbonyl (C=O) groups is 1. The minimum atomic E-state index is -0.155. The number of amides is 1. The van der Waals surface area contributed by atoms with Crippen molar-refractivity contribution < 1.29 is 18.7 Å². The van der Waals surface area contributed by atoms with Crippen molar-refractivity contribution in [3.05, 3.63) is 66.1 Å². The summed E-state index contributed by atoms with van der Waals surface area (Å²) >= 11 is 0. The summed E-state index contributed by atoms with van der Waals surface area (Å²) in [6.07, 6.45) is 1.68. The first-order chi connectivity index (χ1) is 12.7. The average molecular weight is 350 g/mol. The van der Waals surface area contributed by atoms with E-state index in [0.717, 1.165) is 16.9 Å². The number of oxazole rings is 1. The van der Waals surface area contributed by atoms with Crippen molar-refractivity contribution >= 4 is 5.91 Å². The van der Waals surface area contributed by atoms with E-state index < -0.39 is 0 Å². The molecule has 1 aliphatic rings. The number of hydrogen-bond acceptors (Lipinski definition) is 5. The van der Waals surface area contributed by atoms with Crippen LogP contribution in [0.3, 0.4) is 0 Å². The Bertz CT molecular complexity index is 921. The van der Waals surface area contributed by atoms with Crippen LogP contribution in [0.2, 0.25) is 0 Å². The zero-order chi connectivity index (χ0) is 17.9. The summed E-state index contributed by atoms with van der Waals surface area (Å²) in [4.78, 5) is 16.7. The largest absolute Gasteiger partial charge is 0.454 e. The van der Waals surface area contributed by atoms with E-state index in [0.29, 0.717) is 17.3 Å². The molecule has 3 aromatic rings. The molecule has 6 nitrogen and oxygen atoms in total. The normalized spacial score (nSPS) is 13.4. The second-order valence-electron chi connectivity index (χ2n) is 6.09. The monoisotopic (exact) mass is 350 g/mol. The van der Waals surface area contributed by atoms with Crippen LogP contribution in [0, 0.1) is 0 Å². The van der Waals surface area contributed by atoms with Gasteiger partial charge in [-0.1, -0.05) is 24.3 Å². The summed E-state index contributed by atoms with van der Waals surface area (Å²) in [6.45, 7) is 2.16. The van der Waals surface area contributed by atoms with Gasteiger partial charge in [0, 0.05) is 5.56 Å². The molecule has 6 heteroatoms. The van der Waals surface area contributed by atoms with Gasteiger partial charge in [0.1, 0.15) is 6.26 Å². The smallest absolute Gasteiger partial charge is 0.231 e. The van der Waals surface area contributed by atoms with Crippen molar-refractivity contribution in [3.8, 4) is 23.0 Å². The Morgan fingerprint density at radius 2 is 1.96 bits per heavy atom. The first kappa shape index (κ1) is 16.2. The van der Waals surface area contributed by atoms with E-state index >= 15 is 0 Å². The number of aromatic nitrogens is 1. The van der Waals surface area contributed by atoms with Gasteiger partial charge in [-0.2, -0.15) is 0 Å². The molecule has 1 unspecified atom stereocenters. The van der Waals surface area contributed by atoms with Gasteiger partial charge in [-0.3, -0.25) is 4.79 Å². The number of nitrogens with zero attached hydrogens (tertiary/aromatic N) is 1. The SMILES string of the molecule is CC(NC(=O)Cc1coc(-c2ccccc2)n1)c1ccc2c(c1)OCO2. The summed E-state index contributed by atoms with van der Waals surface area (Å²) < 4.78 is 16.2. The van der Waals surface area contributed by atoms with Crippen molar-refractivity contribution in [2.24, 2.45) is 0 Å². The number of benzene rings is 2. The Balaban J connectivity index is 1.39. The Morgan fingerprint density at radius 3 is 2.81 bits per heavy atom. The first-order valence-corrected chi connectivity index (χ1v) is 8.38. The molecule has 1 N–H and O–H groups in total. The van der Waals surface area contributed by atoms with Crippen LogP contribution in [0.25, 0.3) is 11.5 Å². The maximum atomic E-state index is 12.3. The fourth-order valence-corrected chi connectivity index (χ4v) is 2.82. The van der Waals surface area contributed by atoms with Crippen LogP contribution in [-0.2, 0) is 11.2 Å². The number of rotatable bonds is 5. The second-order valence-corrected chi connectivity index (χ2v) is 6.09. The van der Waals surface area contributed by atoms with Crippen molar-refractivity contribution in [1.82, 2.24) is 10.3 Å². The molecule has 0 fully saturated rings. The number of hydrogen-bond donors (Lipinski definition) is 1. The number of fused-ring (bicyclic) bond motifs is 1. The molecule has 1 aromatic heterocycles. The van der Waals surface area contributed by atoms with E-state index in [1.54, 1.807) is 0 Å². The number of carbonyl (C=O) groups excluding carboxylic acids is 1. The highest BCUT2D eigenvalue weighted by molar-refractivity contribution is 5.78. The van der Waals surface area contributed by atoms with Gasteiger partial charge in [0.05, 0.1) is 18.2 Å². The summed E-state index contributed by atoms with van der Waals surface area (Å²) in [5.74, 6) is 1.82. The summed E-state index contributed by atoms with van der Waals surface area (Å²) in [6, 6.07) is 15.1. The lowest BCUT2D eigenvalue weighted by Crippen LogP contribution is -2.28. The molecule has 26 heavy (non-hydrogen) atoms. The lowest BCUT2D eigenvalue weighted by molar-refractivity contribution is -0.121. The molecule has 2 heterocycles. The molecule has 1 aliphatic heterocycles. The van der Waals surface area contributed by atoms with E-state index in [9.17, 15) is 4.79 Å². The third-order valence-electron chi connectivity index (χ3n) is 4.19. The van der Waals surface area contributed by atoms with Crippen molar-refractivity contribution in [3.63, 3.8) is 0 Å². The van der Waals surface area contributed by atoms with Crippen LogP contribution in [0.5, 0.6) is 11.5 Å². The zero-order valence-corrected chi connectivity index (χ0v) is 14.3. The van der Waals surface area contributed by atoms with Crippen LogP contribution in [0.4, 0.5) is 0 Å². The molecule has 0 saturated heterocycles. The van der Waals surface area contributed by atoms with Gasteiger partial charge in [-0.05, 0) is 36.8 Å². The molecular formula is C20H18N2O4. The van der Waals surface area contributed by atoms with Crippen molar-refractivity contribution in [1.29, 1.82) is 0 Å². The van der Waals surface area contributed by atoms with Crippen LogP contribution >= 0.6 is 0 Å². The Hall–Kier alpha value is -3.28. The van der Waals surface area contributed by atoms with Gasteiger partial charge in [0.25, 0.3) is 0 Å². The minimum Gasteiger partial charge on any atom is -0.454 e. The lowest BCUT2D eigenvalue weighted by atomic mass is 10.1. The molecule has 1 amide bonds. The standard InChI is InChI=1S/C20H18N2O4/c1-13(15-7-8-17-18(9-15)26-12-25-17)21-19(23)10-16-11-24-20(22-16)14-5-3-2-4-6-14/h2-9,11,13H,10,12H2,1H3,(H,21,23). The molecule has 1 atom stereocenters. The van der Waals surface area contributed by atoms with E-state index in [-0.39, 0.29) is 25.2 Å². The summed E-state index contributed by atoms with van der Waals surface area (Å²) in [5.41, 5.74) is 2.43. The quantitative estimate of drug-likeness (QED) is 0.762. The third-order valence-corrected chi connectivity index (χ3v) is 4.19. The molecule has 0 saturated carbocycles. The van der Waals surface area contributed by atoms with Gasteiger partial charge in [-0.15, -0.1) is 0 Å². The average Bonchev–Trinajstić information content (AvgIpc) is 3.30. The third kappa shape index (κ3) is 3.39. The van der Waals surface area contributed by atoms with E-state index in [1.807, 2.05) is 55.5 Å². The lowest BCUT2D eigenvalue weighted by Gasteiger charge is -2.14. The van der Waals surface area contributed by atoms with Gasteiger partial charge in [0.15, 0.2) is 11.5 Å². The van der Waals surface area contributed by atoms with Crippen molar-refractivity contribution in [2.75, 3.05) is 6.79 Å². The van der Waals surface area contributed by atoms with E-state index in [2.05, 4.69) is 10.3 Å². The predicted molar refractivity (Wildman–Crippen MR) is 94.8 cm³/mol. The molecule has 2 aromatic carbocycles. The first-order valence-electron chi connectivity index (χ1n) is 8.38. The predicted octanol–water partition coefficient (Wildman–Crippen LogP) is 3.49. The zero-order valence-electron chi connectivity index (χ0n) is 14.3. The molecule has 0 bridgehead atoms. The Kier molecular flexibility index (Phi) is 4.31. The molecule has 0 radical (unpaired) electrons. The van der Waals surface area contributed by atoms with Crippen LogP contribution in [-0.4, -0.2) is 17.7 Å². The highest BCUT2D eigenvalue weighted by atomic mass is 16.7. The van der Waals surface area contributed by atoms with Crippen LogP contribution in [0.15, 0.2) is 59.2 Å². The highest BCUT2D eigenvalue weighted by Crippen LogP contribution is 2.34. The van der Waals surface area contributed by atoms with Crippen LogP contribution in [0.1, 0.15) is 24.2 Å². The maximum Gasteiger partial charge on any atom is 0.231 e. The Morgan fingerprint density at radius 1 is 1.15 bits per heavy atom. The van der Waals surface area contributed by atoms with Gasteiger partial charge >= 0.3 is 0 Å². The maximum absolute atomic E-state index is 12.3. The van der Waals surface area contributed by atoms with Gasteiger partial charge < -0.3 is 19.2 Å². The van der Waals surface area contributed by atoms with Gasteiger partial charge in [-0.25, -0.2) is 4.98 Å². The fraction of sp³-hybridized carbons (Fsp3) is 0.200. The molecule has 4 rings (SSSR count). The number of ether oxygens (including phenoxy) is 2. The van der Waals surface area contributed by atoms with Gasteiger partial charge in [0.2, 0.25) is 18.6 Å². The number of nitrogens with one attached hydrogen (secondary N) is 1. The molecule has 0 spiro atoms. The van der Waals surface area contributed by atoms with E-state index in [4.69, 9.17) is 13.9 Å². The van der Waals surface area contributed by atoms with Crippen molar-refractivity contribution in [2.45, 2.75) is 19.4 Å². The second kappa shape index (κ2) is 6.92. The highest BCUT2D eigenvalue weighted by Gasteiger charge is 2.17. The molecule has 0 aliphatic carbocycles. The topological polar surface area (TPSA) is 73.6 Å². The molecular weight excluding hydrogens is 332 g/mol. The minimum absolute atomic E-state index is 0.122. The fourth-order valence-electron chi connectivity index (χ4n) is 2.82. The summed E-state index contributed by atoms with van der Waals surface area (Å²) in [5, 5.41) is 2.97. The molecule has 132 valence electrons.